The highest BCUT2D eigenvalue weighted by molar-refractivity contribution is 7.13. The Kier molecular flexibility index (Phi) is 4.95. The van der Waals surface area contributed by atoms with Crippen molar-refractivity contribution in [2.45, 2.75) is 13.0 Å². The molecule has 28 heavy (non-hydrogen) atoms. The number of nitrogens with zero attached hydrogens (tertiary/aromatic N) is 3. The molecule has 6 nitrogen and oxygen atoms in total. The van der Waals surface area contributed by atoms with Crippen LogP contribution in [0.25, 0.3) is 21.5 Å². The number of piperazine rings is 1. The molecule has 1 aliphatic rings. The highest BCUT2D eigenvalue weighted by atomic mass is 35.5. The standard InChI is InChI=1S/C20H18ClN3O3S/c1-12-11-23(6-7-24(12)20(26)27)19(25)13-4-5-14-15(21)10-17(22-16(14)9-13)18-3-2-8-28-18/h2-5,8-10,12H,6-7,11H2,1H3,(H,26,27). The summed E-state index contributed by atoms with van der Waals surface area (Å²) in [7, 11) is 0. The van der Waals surface area contributed by atoms with E-state index in [1.54, 1.807) is 28.4 Å². The van der Waals surface area contributed by atoms with Crippen molar-refractivity contribution < 1.29 is 14.7 Å². The molecule has 1 aliphatic heterocycles. The topological polar surface area (TPSA) is 73.7 Å². The number of hydrogen-bond acceptors (Lipinski definition) is 4. The van der Waals surface area contributed by atoms with Gasteiger partial charge in [-0.15, -0.1) is 11.3 Å². The van der Waals surface area contributed by atoms with Gasteiger partial charge in [-0.05, 0) is 36.6 Å². The molecule has 0 bridgehead atoms. The number of hydrogen-bond donors (Lipinski definition) is 1. The minimum atomic E-state index is -0.953. The summed E-state index contributed by atoms with van der Waals surface area (Å²) in [6.45, 7) is 2.86. The Hall–Kier alpha value is -2.64. The van der Waals surface area contributed by atoms with Crippen molar-refractivity contribution in [3.63, 3.8) is 0 Å². The van der Waals surface area contributed by atoms with Crippen molar-refractivity contribution in [2.75, 3.05) is 19.6 Å². The van der Waals surface area contributed by atoms with Gasteiger partial charge in [0.15, 0.2) is 0 Å². The quantitative estimate of drug-likeness (QED) is 0.671. The molecule has 0 saturated carbocycles. The van der Waals surface area contributed by atoms with Gasteiger partial charge in [0.05, 0.1) is 21.1 Å². The number of carbonyl (C=O) groups is 2. The third kappa shape index (κ3) is 3.43. The average molecular weight is 416 g/mol. The van der Waals surface area contributed by atoms with Gasteiger partial charge in [-0.25, -0.2) is 9.78 Å². The van der Waals surface area contributed by atoms with Crippen LogP contribution < -0.4 is 0 Å². The van der Waals surface area contributed by atoms with Gasteiger partial charge in [0.2, 0.25) is 0 Å². The summed E-state index contributed by atoms with van der Waals surface area (Å²) >= 11 is 8.01. The Morgan fingerprint density at radius 3 is 2.75 bits per heavy atom. The SMILES string of the molecule is CC1CN(C(=O)c2ccc3c(Cl)cc(-c4cccs4)nc3c2)CCN1C(=O)O. The van der Waals surface area contributed by atoms with E-state index in [0.29, 0.717) is 35.7 Å². The number of carbonyl (C=O) groups excluding carboxylic acids is 1. The molecule has 144 valence electrons. The fourth-order valence-corrected chi connectivity index (χ4v) is 4.43. The zero-order valence-electron chi connectivity index (χ0n) is 15.1. The number of pyridine rings is 1. The van der Waals surface area contributed by atoms with Crippen LogP contribution in [0.2, 0.25) is 5.02 Å². The largest absolute Gasteiger partial charge is 0.465 e. The second-order valence-corrected chi connectivity index (χ2v) is 8.13. The Morgan fingerprint density at radius 1 is 1.25 bits per heavy atom. The highest BCUT2D eigenvalue weighted by Crippen LogP contribution is 2.31. The molecular formula is C20H18ClN3O3S. The van der Waals surface area contributed by atoms with Gasteiger partial charge in [0.25, 0.3) is 5.91 Å². The van der Waals surface area contributed by atoms with Crippen LogP contribution in [-0.4, -0.2) is 57.6 Å². The molecule has 0 spiro atoms. The maximum atomic E-state index is 13.0. The number of halogens is 1. The van der Waals surface area contributed by atoms with Crippen LogP contribution in [0.5, 0.6) is 0 Å². The Morgan fingerprint density at radius 2 is 2.07 bits per heavy atom. The monoisotopic (exact) mass is 415 g/mol. The molecule has 2 amide bonds. The normalized spacial score (nSPS) is 17.1. The van der Waals surface area contributed by atoms with Gasteiger partial charge in [-0.3, -0.25) is 4.79 Å². The van der Waals surface area contributed by atoms with E-state index in [9.17, 15) is 14.7 Å². The molecule has 4 rings (SSSR count). The van der Waals surface area contributed by atoms with E-state index >= 15 is 0 Å². The fourth-order valence-electron chi connectivity index (χ4n) is 3.48. The fraction of sp³-hybridized carbons (Fsp3) is 0.250. The Balaban J connectivity index is 1.64. The van der Waals surface area contributed by atoms with E-state index in [0.717, 1.165) is 16.0 Å². The zero-order valence-corrected chi connectivity index (χ0v) is 16.7. The van der Waals surface area contributed by atoms with Gasteiger partial charge in [0, 0.05) is 36.6 Å². The second kappa shape index (κ2) is 7.41. The predicted molar refractivity (Wildman–Crippen MR) is 110 cm³/mol. The van der Waals surface area contributed by atoms with Crippen LogP contribution >= 0.6 is 22.9 Å². The lowest BCUT2D eigenvalue weighted by Gasteiger charge is -2.38. The van der Waals surface area contributed by atoms with Gasteiger partial charge in [0.1, 0.15) is 0 Å². The lowest BCUT2D eigenvalue weighted by Crippen LogP contribution is -2.55. The molecular weight excluding hydrogens is 398 g/mol. The molecule has 3 aromatic rings. The third-order valence-corrected chi connectivity index (χ3v) is 6.15. The van der Waals surface area contributed by atoms with Crippen molar-refractivity contribution in [1.82, 2.24) is 14.8 Å². The molecule has 1 saturated heterocycles. The van der Waals surface area contributed by atoms with E-state index < -0.39 is 6.09 Å². The lowest BCUT2D eigenvalue weighted by atomic mass is 10.1. The summed E-state index contributed by atoms with van der Waals surface area (Å²) in [4.78, 5) is 32.9. The number of benzene rings is 1. The summed E-state index contributed by atoms with van der Waals surface area (Å²) < 4.78 is 0. The summed E-state index contributed by atoms with van der Waals surface area (Å²) in [5.41, 5.74) is 1.97. The van der Waals surface area contributed by atoms with E-state index in [2.05, 4.69) is 4.98 Å². The molecule has 2 aromatic heterocycles. The summed E-state index contributed by atoms with van der Waals surface area (Å²) in [5.74, 6) is -0.127. The van der Waals surface area contributed by atoms with E-state index in [1.807, 2.05) is 36.6 Å². The number of aromatic nitrogens is 1. The van der Waals surface area contributed by atoms with Crippen molar-refractivity contribution in [1.29, 1.82) is 0 Å². The number of amides is 2. The van der Waals surface area contributed by atoms with Gasteiger partial charge < -0.3 is 14.9 Å². The van der Waals surface area contributed by atoms with E-state index in [-0.39, 0.29) is 11.9 Å². The predicted octanol–water partition coefficient (Wildman–Crippen LogP) is 4.44. The van der Waals surface area contributed by atoms with Crippen LogP contribution in [0.15, 0.2) is 41.8 Å². The first-order valence-corrected chi connectivity index (χ1v) is 10.1. The lowest BCUT2D eigenvalue weighted by molar-refractivity contribution is 0.0507. The Labute approximate surface area is 171 Å². The van der Waals surface area contributed by atoms with Crippen LogP contribution in [0, 0.1) is 0 Å². The molecule has 1 fully saturated rings. The maximum Gasteiger partial charge on any atom is 0.407 e. The van der Waals surface area contributed by atoms with Crippen molar-refractivity contribution >= 4 is 45.8 Å². The van der Waals surface area contributed by atoms with Crippen LogP contribution in [-0.2, 0) is 0 Å². The molecule has 0 radical (unpaired) electrons. The van der Waals surface area contributed by atoms with Gasteiger partial charge in [-0.2, -0.15) is 0 Å². The minimum Gasteiger partial charge on any atom is -0.465 e. The molecule has 1 atom stereocenters. The summed E-state index contributed by atoms with van der Waals surface area (Å²) in [6, 6.07) is 10.8. The van der Waals surface area contributed by atoms with Crippen molar-refractivity contribution in [2.24, 2.45) is 0 Å². The maximum absolute atomic E-state index is 13.0. The first kappa shape index (κ1) is 18.7. The molecule has 8 heteroatoms. The van der Waals surface area contributed by atoms with Crippen LogP contribution in [0.4, 0.5) is 4.79 Å². The number of carboxylic acid groups (broad SMARTS) is 1. The van der Waals surface area contributed by atoms with E-state index in [4.69, 9.17) is 11.6 Å². The van der Waals surface area contributed by atoms with Gasteiger partial charge in [-0.1, -0.05) is 23.7 Å². The van der Waals surface area contributed by atoms with E-state index in [1.165, 1.54) is 4.90 Å². The molecule has 1 aromatic carbocycles. The third-order valence-electron chi connectivity index (χ3n) is 4.94. The molecule has 1 N–H and O–H groups in total. The summed E-state index contributed by atoms with van der Waals surface area (Å²) in [6.07, 6.45) is -0.953. The first-order chi connectivity index (χ1) is 13.4. The minimum absolute atomic E-state index is 0.127. The molecule has 0 aliphatic carbocycles. The first-order valence-electron chi connectivity index (χ1n) is 8.87. The molecule has 3 heterocycles. The second-order valence-electron chi connectivity index (χ2n) is 6.77. The summed E-state index contributed by atoms with van der Waals surface area (Å²) in [5, 5.41) is 12.6. The number of thiophene rings is 1. The highest BCUT2D eigenvalue weighted by Gasteiger charge is 2.30. The number of fused-ring (bicyclic) bond motifs is 1. The van der Waals surface area contributed by atoms with Crippen molar-refractivity contribution in [3.8, 4) is 10.6 Å². The van der Waals surface area contributed by atoms with Crippen LogP contribution in [0.1, 0.15) is 17.3 Å². The smallest absolute Gasteiger partial charge is 0.407 e. The Bertz CT molecular complexity index is 1050. The number of rotatable bonds is 2. The van der Waals surface area contributed by atoms with Gasteiger partial charge >= 0.3 is 6.09 Å². The van der Waals surface area contributed by atoms with Crippen LogP contribution in [0.3, 0.4) is 0 Å². The zero-order chi connectivity index (χ0) is 19.8. The van der Waals surface area contributed by atoms with Crippen molar-refractivity contribution in [3.05, 3.63) is 52.4 Å². The molecule has 1 unspecified atom stereocenters. The average Bonchev–Trinajstić information content (AvgIpc) is 3.21.